The topological polar surface area (TPSA) is 84.5 Å². The summed E-state index contributed by atoms with van der Waals surface area (Å²) in [5.74, 6) is -1.81. The number of hydrogen-bond donors (Lipinski definition) is 2. The lowest BCUT2D eigenvalue weighted by molar-refractivity contribution is -0.122. The highest BCUT2D eigenvalue weighted by Gasteiger charge is 2.24. The van der Waals surface area contributed by atoms with E-state index in [1.807, 2.05) is 0 Å². The van der Waals surface area contributed by atoms with Crippen molar-refractivity contribution >= 4 is 31.9 Å². The van der Waals surface area contributed by atoms with Crippen LogP contribution < -0.4 is 14.8 Å². The van der Waals surface area contributed by atoms with E-state index in [1.165, 1.54) is 37.3 Å². The van der Waals surface area contributed by atoms with Crippen LogP contribution in [0.2, 0.25) is 0 Å². The van der Waals surface area contributed by atoms with Gasteiger partial charge in [0.2, 0.25) is 15.9 Å². The molecule has 28 heavy (non-hydrogen) atoms. The number of carbonyl (C=O) groups is 1. The highest BCUT2D eigenvalue weighted by atomic mass is 79.9. The van der Waals surface area contributed by atoms with Gasteiger partial charge in [-0.3, -0.25) is 4.79 Å². The van der Waals surface area contributed by atoms with Crippen molar-refractivity contribution < 1.29 is 31.1 Å². The molecule has 152 valence electrons. The number of sulfonamides is 1. The summed E-state index contributed by atoms with van der Waals surface area (Å²) in [6.45, 7) is -1.96. The normalized spacial score (nSPS) is 12.6. The SMILES string of the molecule is C[C@H](NS(=O)(=O)c1ccccc1F)C(=O)NCc1cc(Br)ccc1OC(F)F. The molecule has 0 bridgehead atoms. The molecule has 2 rings (SSSR count). The van der Waals surface area contributed by atoms with Gasteiger partial charge in [0, 0.05) is 16.6 Å². The summed E-state index contributed by atoms with van der Waals surface area (Å²) in [5.41, 5.74) is 0.257. The molecule has 0 aromatic heterocycles. The Labute approximate surface area is 168 Å². The molecule has 0 spiro atoms. The van der Waals surface area contributed by atoms with Crippen LogP contribution in [0, 0.1) is 5.82 Å². The van der Waals surface area contributed by atoms with Crippen LogP contribution in [0.25, 0.3) is 0 Å². The summed E-state index contributed by atoms with van der Waals surface area (Å²) in [7, 11) is -4.27. The Bertz CT molecular complexity index is 957. The summed E-state index contributed by atoms with van der Waals surface area (Å²) < 4.78 is 70.1. The Morgan fingerprint density at radius 2 is 1.89 bits per heavy atom. The highest BCUT2D eigenvalue weighted by Crippen LogP contribution is 2.24. The number of carbonyl (C=O) groups excluding carboxylic acids is 1. The van der Waals surface area contributed by atoms with Crippen molar-refractivity contribution in [1.29, 1.82) is 0 Å². The fourth-order valence-electron chi connectivity index (χ4n) is 2.24. The van der Waals surface area contributed by atoms with E-state index in [9.17, 15) is 26.4 Å². The van der Waals surface area contributed by atoms with Gasteiger partial charge in [-0.15, -0.1) is 0 Å². The minimum Gasteiger partial charge on any atom is -0.434 e. The maximum Gasteiger partial charge on any atom is 0.387 e. The number of alkyl halides is 2. The average molecular weight is 481 g/mol. The largest absolute Gasteiger partial charge is 0.434 e. The van der Waals surface area contributed by atoms with Gasteiger partial charge in [0.05, 0.1) is 6.04 Å². The van der Waals surface area contributed by atoms with E-state index in [0.717, 1.165) is 12.1 Å². The molecule has 0 radical (unpaired) electrons. The standard InChI is InChI=1S/C17H16BrF3N2O4S/c1-10(23-28(25,26)15-5-3-2-4-13(15)19)16(24)22-9-11-8-12(18)6-7-14(11)27-17(20)21/h2-8,10,17,23H,9H2,1H3,(H,22,24)/t10-/m0/s1. The first-order chi connectivity index (χ1) is 13.1. The fourth-order valence-corrected chi connectivity index (χ4v) is 3.94. The third-order valence-electron chi connectivity index (χ3n) is 3.54. The number of benzene rings is 2. The third-order valence-corrected chi connectivity index (χ3v) is 5.61. The highest BCUT2D eigenvalue weighted by molar-refractivity contribution is 9.10. The lowest BCUT2D eigenvalue weighted by Gasteiger charge is -2.16. The number of halogens is 4. The van der Waals surface area contributed by atoms with Crippen LogP contribution >= 0.6 is 15.9 Å². The maximum absolute atomic E-state index is 13.7. The molecule has 1 atom stereocenters. The van der Waals surface area contributed by atoms with E-state index >= 15 is 0 Å². The fraction of sp³-hybridized carbons (Fsp3) is 0.235. The number of rotatable bonds is 8. The van der Waals surface area contributed by atoms with E-state index in [4.69, 9.17) is 0 Å². The van der Waals surface area contributed by atoms with Gasteiger partial charge in [0.15, 0.2) is 0 Å². The summed E-state index contributed by atoms with van der Waals surface area (Å²) in [6, 6.07) is 7.77. The van der Waals surface area contributed by atoms with E-state index in [-0.39, 0.29) is 17.9 Å². The number of hydrogen-bond acceptors (Lipinski definition) is 4. The smallest absolute Gasteiger partial charge is 0.387 e. The molecule has 0 heterocycles. The Balaban J connectivity index is 2.06. The van der Waals surface area contributed by atoms with Crippen LogP contribution in [0.4, 0.5) is 13.2 Å². The molecule has 0 saturated heterocycles. The summed E-state index contributed by atoms with van der Waals surface area (Å²) >= 11 is 3.19. The second-order valence-electron chi connectivity index (χ2n) is 5.62. The molecule has 0 aliphatic heterocycles. The van der Waals surface area contributed by atoms with Crippen molar-refractivity contribution in [2.45, 2.75) is 31.0 Å². The van der Waals surface area contributed by atoms with Gasteiger partial charge in [-0.05, 0) is 37.3 Å². The lowest BCUT2D eigenvalue weighted by atomic mass is 10.2. The Morgan fingerprint density at radius 3 is 2.54 bits per heavy atom. The quantitative estimate of drug-likeness (QED) is 0.607. The first-order valence-corrected chi connectivity index (χ1v) is 10.2. The molecule has 11 heteroatoms. The van der Waals surface area contributed by atoms with Gasteiger partial charge in [0.1, 0.15) is 16.5 Å². The Kier molecular flexibility index (Phi) is 7.44. The molecule has 0 unspecified atom stereocenters. The maximum atomic E-state index is 13.7. The zero-order valence-corrected chi connectivity index (χ0v) is 16.9. The van der Waals surface area contributed by atoms with Gasteiger partial charge in [-0.25, -0.2) is 12.8 Å². The van der Waals surface area contributed by atoms with Gasteiger partial charge < -0.3 is 10.1 Å². The lowest BCUT2D eigenvalue weighted by Crippen LogP contribution is -2.44. The molecule has 1 amide bonds. The summed E-state index contributed by atoms with van der Waals surface area (Å²) in [6.07, 6.45) is 0. The van der Waals surface area contributed by atoms with Crippen LogP contribution in [0.1, 0.15) is 12.5 Å². The summed E-state index contributed by atoms with van der Waals surface area (Å²) in [5, 5.41) is 2.42. The molecule has 2 aromatic carbocycles. The first-order valence-electron chi connectivity index (χ1n) is 7.88. The molecule has 0 aliphatic rings. The van der Waals surface area contributed by atoms with Crippen molar-refractivity contribution in [3.63, 3.8) is 0 Å². The first kappa shape index (κ1) is 22.2. The summed E-state index contributed by atoms with van der Waals surface area (Å²) in [4.78, 5) is 11.6. The molecule has 0 fully saturated rings. The number of ether oxygens (including phenoxy) is 1. The zero-order valence-electron chi connectivity index (χ0n) is 14.5. The number of nitrogens with one attached hydrogen (secondary N) is 2. The predicted octanol–water partition coefficient (Wildman–Crippen LogP) is 3.17. The van der Waals surface area contributed by atoms with Gasteiger partial charge >= 0.3 is 6.61 Å². The average Bonchev–Trinajstić information content (AvgIpc) is 2.61. The van der Waals surface area contributed by atoms with Crippen LogP contribution in [-0.2, 0) is 21.4 Å². The molecule has 0 saturated carbocycles. The molecular weight excluding hydrogens is 465 g/mol. The predicted molar refractivity (Wildman–Crippen MR) is 98.8 cm³/mol. The van der Waals surface area contributed by atoms with E-state index in [0.29, 0.717) is 4.47 Å². The van der Waals surface area contributed by atoms with Crippen LogP contribution in [0.5, 0.6) is 5.75 Å². The van der Waals surface area contributed by atoms with E-state index < -0.39 is 39.3 Å². The second-order valence-corrected chi connectivity index (χ2v) is 8.22. The van der Waals surface area contributed by atoms with Crippen molar-refractivity contribution in [2.75, 3.05) is 0 Å². The Morgan fingerprint density at radius 1 is 1.21 bits per heavy atom. The van der Waals surface area contributed by atoms with Crippen LogP contribution in [-0.4, -0.2) is 27.0 Å². The molecule has 2 N–H and O–H groups in total. The van der Waals surface area contributed by atoms with Crippen molar-refractivity contribution in [2.24, 2.45) is 0 Å². The van der Waals surface area contributed by atoms with Gasteiger partial charge in [-0.2, -0.15) is 13.5 Å². The monoisotopic (exact) mass is 480 g/mol. The molecule has 2 aromatic rings. The minimum absolute atomic E-state index is 0.127. The third kappa shape index (κ3) is 5.94. The molecule has 6 nitrogen and oxygen atoms in total. The van der Waals surface area contributed by atoms with Crippen LogP contribution in [0.3, 0.4) is 0 Å². The van der Waals surface area contributed by atoms with Crippen molar-refractivity contribution in [3.8, 4) is 5.75 Å². The Hall–Kier alpha value is -2.11. The van der Waals surface area contributed by atoms with Crippen molar-refractivity contribution in [3.05, 3.63) is 58.3 Å². The van der Waals surface area contributed by atoms with Crippen molar-refractivity contribution in [1.82, 2.24) is 10.0 Å². The van der Waals surface area contributed by atoms with Gasteiger partial charge in [-0.1, -0.05) is 28.1 Å². The van der Waals surface area contributed by atoms with E-state index in [1.54, 1.807) is 0 Å². The van der Waals surface area contributed by atoms with Crippen LogP contribution in [0.15, 0.2) is 51.8 Å². The minimum atomic E-state index is -4.27. The van der Waals surface area contributed by atoms with Gasteiger partial charge in [0.25, 0.3) is 0 Å². The number of amides is 1. The zero-order chi connectivity index (χ0) is 20.9. The second kappa shape index (κ2) is 9.39. The molecular formula is C17H16BrF3N2O4S. The molecule has 0 aliphatic carbocycles. The van der Waals surface area contributed by atoms with E-state index in [2.05, 4.69) is 30.7 Å².